The van der Waals surface area contributed by atoms with Crippen LogP contribution in [0, 0.1) is 0 Å². The highest BCUT2D eigenvalue weighted by Crippen LogP contribution is 2.31. The molecule has 2 aromatic carbocycles. The monoisotopic (exact) mass is 488 g/mol. The molecule has 0 atom stereocenters. The van der Waals surface area contributed by atoms with Gasteiger partial charge in [-0.25, -0.2) is 4.79 Å². The van der Waals surface area contributed by atoms with Crippen molar-refractivity contribution in [2.24, 2.45) is 0 Å². The summed E-state index contributed by atoms with van der Waals surface area (Å²) in [6, 6.07) is 13.7. The Bertz CT molecular complexity index is 1080. The number of carboxylic acid groups (broad SMARTS) is 1. The minimum Gasteiger partial charge on any atom is -0.494 e. The lowest BCUT2D eigenvalue weighted by molar-refractivity contribution is -0.192. The number of aromatic nitrogens is 1. The molecule has 10 heteroatoms. The zero-order chi connectivity index (χ0) is 23.3. The van der Waals surface area contributed by atoms with E-state index in [1.165, 1.54) is 22.2 Å². The molecule has 0 amide bonds. The van der Waals surface area contributed by atoms with Crippen LogP contribution >= 0.6 is 23.2 Å². The van der Waals surface area contributed by atoms with E-state index in [4.69, 9.17) is 37.8 Å². The minimum atomic E-state index is -5.08. The molecule has 3 aromatic rings. The summed E-state index contributed by atoms with van der Waals surface area (Å²) in [6.45, 7) is 3.55. The molecule has 4 rings (SSSR count). The molecule has 32 heavy (non-hydrogen) atoms. The molecule has 5 nitrogen and oxygen atoms in total. The Hall–Kier alpha value is -2.42. The van der Waals surface area contributed by atoms with E-state index in [0.29, 0.717) is 6.61 Å². The molecule has 0 saturated carbocycles. The third-order valence-corrected chi connectivity index (χ3v) is 5.43. The van der Waals surface area contributed by atoms with Gasteiger partial charge in [-0.2, -0.15) is 13.2 Å². The molecule has 2 N–H and O–H groups in total. The van der Waals surface area contributed by atoms with Crippen molar-refractivity contribution in [2.45, 2.75) is 32.1 Å². The summed E-state index contributed by atoms with van der Waals surface area (Å²) in [4.78, 5) is 8.90. The van der Waals surface area contributed by atoms with Crippen LogP contribution in [-0.2, 0) is 24.3 Å². The highest BCUT2D eigenvalue weighted by molar-refractivity contribution is 6.31. The highest BCUT2D eigenvalue weighted by Gasteiger charge is 2.38. The quantitative estimate of drug-likeness (QED) is 0.452. The van der Waals surface area contributed by atoms with Crippen molar-refractivity contribution in [1.29, 1.82) is 0 Å². The molecule has 2 heterocycles. The van der Waals surface area contributed by atoms with Crippen LogP contribution in [0.4, 0.5) is 13.2 Å². The fourth-order valence-electron chi connectivity index (χ4n) is 3.55. The zero-order valence-corrected chi connectivity index (χ0v) is 18.4. The Labute approximate surface area is 192 Å². The van der Waals surface area contributed by atoms with E-state index in [2.05, 4.69) is 22.0 Å². The molecular weight excluding hydrogens is 468 g/mol. The first-order valence-electron chi connectivity index (χ1n) is 9.85. The van der Waals surface area contributed by atoms with Crippen LogP contribution < -0.4 is 10.1 Å². The van der Waals surface area contributed by atoms with Crippen LogP contribution in [0.5, 0.6) is 5.75 Å². The normalized spacial score (nSPS) is 13.3. The van der Waals surface area contributed by atoms with Crippen molar-refractivity contribution in [1.82, 2.24) is 9.88 Å². The lowest BCUT2D eigenvalue weighted by atomic mass is 10.0. The van der Waals surface area contributed by atoms with Gasteiger partial charge in [-0.15, -0.1) is 0 Å². The number of alkyl halides is 3. The second-order valence-electron chi connectivity index (χ2n) is 7.12. The number of hydrogen-bond acceptors (Lipinski definition) is 3. The molecule has 0 saturated heterocycles. The van der Waals surface area contributed by atoms with E-state index < -0.39 is 12.1 Å². The Morgan fingerprint density at radius 3 is 2.44 bits per heavy atom. The summed E-state index contributed by atoms with van der Waals surface area (Å²) in [5.74, 6) is -1.90. The first-order chi connectivity index (χ1) is 15.2. The van der Waals surface area contributed by atoms with Crippen molar-refractivity contribution in [3.8, 4) is 5.75 Å². The number of carboxylic acids is 1. The molecule has 0 fully saturated rings. The largest absolute Gasteiger partial charge is 0.494 e. The Morgan fingerprint density at radius 2 is 1.78 bits per heavy atom. The summed E-state index contributed by atoms with van der Waals surface area (Å²) in [6.07, 6.45) is -3.08. The van der Waals surface area contributed by atoms with Crippen LogP contribution in [0.3, 0.4) is 0 Å². The molecule has 0 bridgehead atoms. The smallest absolute Gasteiger partial charge is 0.490 e. The van der Waals surface area contributed by atoms with Gasteiger partial charge in [-0.05, 0) is 67.4 Å². The predicted molar refractivity (Wildman–Crippen MR) is 118 cm³/mol. The summed E-state index contributed by atoms with van der Waals surface area (Å²) < 4.78 is 40.0. The topological polar surface area (TPSA) is 63.5 Å². The third-order valence-electron chi connectivity index (χ3n) is 4.94. The number of nitrogens with zero attached hydrogens (tertiary/aromatic N) is 1. The number of aliphatic carboxylic acids is 1. The summed E-state index contributed by atoms with van der Waals surface area (Å²) in [5.41, 5.74) is 4.09. The van der Waals surface area contributed by atoms with Gasteiger partial charge in [0.25, 0.3) is 0 Å². The lowest BCUT2D eigenvalue weighted by Crippen LogP contribution is -2.25. The van der Waals surface area contributed by atoms with Gasteiger partial charge in [0.15, 0.2) is 0 Å². The number of hydrogen-bond donors (Lipinski definition) is 2. The molecule has 1 aliphatic rings. The molecular formula is C22H21Cl2F3N2O3. The second kappa shape index (κ2) is 10.5. The lowest BCUT2D eigenvalue weighted by Gasteiger charge is -2.17. The Balaban J connectivity index is 0.000000360. The van der Waals surface area contributed by atoms with Gasteiger partial charge in [0.05, 0.1) is 6.61 Å². The number of fused-ring (bicyclic) bond motifs is 3. The van der Waals surface area contributed by atoms with Gasteiger partial charge in [0.2, 0.25) is 0 Å². The van der Waals surface area contributed by atoms with E-state index in [0.717, 1.165) is 48.3 Å². The molecule has 1 aromatic heterocycles. The van der Waals surface area contributed by atoms with Gasteiger partial charge in [0, 0.05) is 39.7 Å². The third kappa shape index (κ3) is 6.09. The van der Waals surface area contributed by atoms with Gasteiger partial charge < -0.3 is 19.7 Å². The average Bonchev–Trinajstić information content (AvgIpc) is 3.05. The van der Waals surface area contributed by atoms with Crippen LogP contribution in [0.2, 0.25) is 10.0 Å². The maximum Gasteiger partial charge on any atom is 0.490 e. The number of ether oxygens (including phenoxy) is 1. The second-order valence-corrected chi connectivity index (χ2v) is 8.00. The summed E-state index contributed by atoms with van der Waals surface area (Å²) in [5, 5.41) is 13.4. The van der Waals surface area contributed by atoms with E-state index in [1.807, 2.05) is 30.3 Å². The fourth-order valence-corrected chi connectivity index (χ4v) is 3.85. The number of nitrogens with one attached hydrogen (secondary N) is 1. The van der Waals surface area contributed by atoms with Crippen LogP contribution in [0.1, 0.15) is 17.7 Å². The van der Waals surface area contributed by atoms with Crippen molar-refractivity contribution in [3.05, 3.63) is 63.8 Å². The van der Waals surface area contributed by atoms with Crippen LogP contribution in [-0.4, -0.2) is 35.0 Å². The molecule has 0 spiro atoms. The predicted octanol–water partition coefficient (Wildman–Crippen LogP) is 5.70. The van der Waals surface area contributed by atoms with Gasteiger partial charge >= 0.3 is 12.1 Å². The first kappa shape index (κ1) is 24.2. The molecule has 0 aliphatic carbocycles. The number of aryl methyl sites for hydroxylation is 1. The Morgan fingerprint density at radius 1 is 1.12 bits per heavy atom. The van der Waals surface area contributed by atoms with E-state index in [9.17, 15) is 13.2 Å². The fraction of sp³-hybridized carbons (Fsp3) is 0.318. The van der Waals surface area contributed by atoms with E-state index in [1.54, 1.807) is 0 Å². The van der Waals surface area contributed by atoms with Gasteiger partial charge in [0.1, 0.15) is 5.75 Å². The summed E-state index contributed by atoms with van der Waals surface area (Å²) in [7, 11) is 0. The number of benzene rings is 2. The molecule has 0 unspecified atom stereocenters. The van der Waals surface area contributed by atoms with Gasteiger partial charge in [-0.1, -0.05) is 23.2 Å². The van der Waals surface area contributed by atoms with Crippen LogP contribution in [0.25, 0.3) is 10.9 Å². The SMILES string of the molecule is Clc1ccc(OCCCn2c3c(c4cc(Cl)ccc42)CCNC3)cc1.O=C(O)C(F)(F)F. The van der Waals surface area contributed by atoms with Crippen molar-refractivity contribution in [3.63, 3.8) is 0 Å². The zero-order valence-electron chi connectivity index (χ0n) is 16.9. The van der Waals surface area contributed by atoms with Crippen molar-refractivity contribution >= 4 is 40.1 Å². The van der Waals surface area contributed by atoms with E-state index >= 15 is 0 Å². The van der Waals surface area contributed by atoms with Crippen LogP contribution in [0.15, 0.2) is 42.5 Å². The molecule has 1 aliphatic heterocycles. The average molecular weight is 489 g/mol. The molecule has 172 valence electrons. The van der Waals surface area contributed by atoms with Crippen molar-refractivity contribution in [2.75, 3.05) is 13.2 Å². The summed E-state index contributed by atoms with van der Waals surface area (Å²) >= 11 is 12.1. The first-order valence-corrected chi connectivity index (χ1v) is 10.6. The maximum atomic E-state index is 10.6. The molecule has 0 radical (unpaired) electrons. The van der Waals surface area contributed by atoms with Gasteiger partial charge in [-0.3, -0.25) is 0 Å². The number of carbonyl (C=O) groups is 1. The maximum absolute atomic E-state index is 10.6. The number of rotatable bonds is 5. The minimum absolute atomic E-state index is 0.678. The standard InChI is InChI=1S/C20H20Cl2N2O.C2HF3O2/c21-14-2-5-16(6-3-14)25-11-1-10-24-19-7-4-15(22)12-18(19)17-8-9-23-13-20(17)24;3-2(4,5)1(6)7/h2-7,12,23H,1,8-11,13H2;(H,6,7). The highest BCUT2D eigenvalue weighted by atomic mass is 35.5. The Kier molecular flexibility index (Phi) is 7.92. The number of halogens is 5. The van der Waals surface area contributed by atoms with E-state index in [-0.39, 0.29) is 0 Å². The van der Waals surface area contributed by atoms with Crippen molar-refractivity contribution < 1.29 is 27.8 Å².